The minimum absolute atomic E-state index is 0.0380. The summed E-state index contributed by atoms with van der Waals surface area (Å²) in [5.41, 5.74) is 1.52. The van der Waals surface area contributed by atoms with Crippen molar-refractivity contribution in [3.63, 3.8) is 0 Å². The largest absolute Gasteiger partial charge is 0.495 e. The fraction of sp³-hybridized carbons (Fsp3) is 0.185. The Morgan fingerprint density at radius 1 is 1.00 bits per heavy atom. The van der Waals surface area contributed by atoms with E-state index in [4.69, 9.17) is 9.47 Å². The quantitative estimate of drug-likeness (QED) is 0.404. The zero-order valence-corrected chi connectivity index (χ0v) is 19.6. The summed E-state index contributed by atoms with van der Waals surface area (Å²) in [6.45, 7) is 3.93. The van der Waals surface area contributed by atoms with Crippen LogP contribution < -0.4 is 15.6 Å². The second kappa shape index (κ2) is 10.2. The van der Waals surface area contributed by atoms with Crippen molar-refractivity contribution in [3.8, 4) is 5.75 Å². The molecule has 0 saturated heterocycles. The molecule has 0 saturated carbocycles. The first-order valence-electron chi connectivity index (χ1n) is 11.1. The van der Waals surface area contributed by atoms with Crippen molar-refractivity contribution in [3.05, 3.63) is 100.0 Å². The summed E-state index contributed by atoms with van der Waals surface area (Å²) in [5.74, 6) is -0.894. The summed E-state index contributed by atoms with van der Waals surface area (Å²) in [4.78, 5) is 39.4. The predicted molar refractivity (Wildman–Crippen MR) is 133 cm³/mol. The lowest BCUT2D eigenvalue weighted by atomic mass is 10.1. The highest BCUT2D eigenvalue weighted by molar-refractivity contribution is 6.04. The standard InChI is InChI=1S/C27H25N3O5/c1-4-30-26(32)20-13-9-8-12-19(20)23(29-30)27(33)35-24(18-10-6-5-7-11-18)25(31)28-21-16-17(2)14-15-22(21)34-3/h5-16,24H,4H2,1-3H3,(H,28,31). The van der Waals surface area contributed by atoms with Gasteiger partial charge < -0.3 is 14.8 Å². The van der Waals surface area contributed by atoms with Crippen LogP contribution >= 0.6 is 0 Å². The first-order valence-corrected chi connectivity index (χ1v) is 11.1. The number of nitrogens with one attached hydrogen (secondary N) is 1. The molecule has 0 aliphatic carbocycles. The molecule has 4 rings (SSSR count). The molecule has 0 fully saturated rings. The topological polar surface area (TPSA) is 99.5 Å². The maximum absolute atomic E-state index is 13.4. The van der Waals surface area contributed by atoms with E-state index in [0.29, 0.717) is 27.8 Å². The van der Waals surface area contributed by atoms with Crippen LogP contribution in [0.15, 0.2) is 77.6 Å². The highest BCUT2D eigenvalue weighted by Crippen LogP contribution is 2.28. The van der Waals surface area contributed by atoms with Crippen LogP contribution in [0, 0.1) is 6.92 Å². The number of carbonyl (C=O) groups excluding carboxylic acids is 2. The van der Waals surface area contributed by atoms with Crippen LogP contribution in [-0.4, -0.2) is 28.8 Å². The molecule has 8 heteroatoms. The fourth-order valence-corrected chi connectivity index (χ4v) is 3.78. The summed E-state index contributed by atoms with van der Waals surface area (Å²) in [6, 6.07) is 20.8. The van der Waals surface area contributed by atoms with Gasteiger partial charge in [0.05, 0.1) is 18.2 Å². The van der Waals surface area contributed by atoms with Crippen LogP contribution in [0.1, 0.15) is 34.6 Å². The molecule has 0 aliphatic rings. The van der Waals surface area contributed by atoms with Gasteiger partial charge in [-0.05, 0) is 37.6 Å². The number of amides is 1. The molecule has 1 amide bonds. The van der Waals surface area contributed by atoms with Gasteiger partial charge in [0.15, 0.2) is 5.69 Å². The predicted octanol–water partition coefficient (Wildman–Crippen LogP) is 4.27. The Labute approximate surface area is 202 Å². The molecular weight excluding hydrogens is 446 g/mol. The first kappa shape index (κ1) is 23.7. The van der Waals surface area contributed by atoms with Crippen molar-refractivity contribution in [2.24, 2.45) is 0 Å². The average Bonchev–Trinajstić information content (AvgIpc) is 2.88. The lowest BCUT2D eigenvalue weighted by molar-refractivity contribution is -0.125. The molecule has 3 aromatic carbocycles. The molecule has 178 valence electrons. The van der Waals surface area contributed by atoms with E-state index in [1.807, 2.05) is 13.0 Å². The third kappa shape index (κ3) is 4.91. The summed E-state index contributed by atoms with van der Waals surface area (Å²) in [7, 11) is 1.51. The van der Waals surface area contributed by atoms with Crippen LogP contribution in [0.5, 0.6) is 5.75 Å². The molecule has 8 nitrogen and oxygen atoms in total. The number of anilines is 1. The van der Waals surface area contributed by atoms with E-state index in [1.165, 1.54) is 11.8 Å². The highest BCUT2D eigenvalue weighted by atomic mass is 16.5. The first-order chi connectivity index (χ1) is 16.9. The van der Waals surface area contributed by atoms with Gasteiger partial charge in [0.2, 0.25) is 6.10 Å². The molecule has 1 atom stereocenters. The third-order valence-electron chi connectivity index (χ3n) is 5.54. The number of rotatable bonds is 7. The average molecular weight is 472 g/mol. The third-order valence-corrected chi connectivity index (χ3v) is 5.54. The number of nitrogens with zero attached hydrogens (tertiary/aromatic N) is 2. The Kier molecular flexibility index (Phi) is 6.91. The van der Waals surface area contributed by atoms with E-state index in [-0.39, 0.29) is 17.8 Å². The molecular formula is C27H25N3O5. The highest BCUT2D eigenvalue weighted by Gasteiger charge is 2.28. The fourth-order valence-electron chi connectivity index (χ4n) is 3.78. The van der Waals surface area contributed by atoms with Crippen molar-refractivity contribution in [2.45, 2.75) is 26.5 Å². The van der Waals surface area contributed by atoms with Crippen LogP contribution in [0.4, 0.5) is 5.69 Å². The Balaban J connectivity index is 1.73. The molecule has 1 N–H and O–H groups in total. The van der Waals surface area contributed by atoms with Crippen molar-refractivity contribution in [1.29, 1.82) is 0 Å². The lowest BCUT2D eigenvalue weighted by Gasteiger charge is -2.19. The van der Waals surface area contributed by atoms with Crippen molar-refractivity contribution < 1.29 is 19.1 Å². The molecule has 0 bridgehead atoms. The Morgan fingerprint density at radius 3 is 2.37 bits per heavy atom. The van der Waals surface area contributed by atoms with E-state index in [2.05, 4.69) is 10.4 Å². The minimum atomic E-state index is -1.27. The summed E-state index contributed by atoms with van der Waals surface area (Å²) >= 11 is 0. The Hall–Kier alpha value is -4.46. The summed E-state index contributed by atoms with van der Waals surface area (Å²) < 4.78 is 12.3. The number of fused-ring (bicyclic) bond motifs is 1. The van der Waals surface area contributed by atoms with Gasteiger partial charge in [-0.1, -0.05) is 54.6 Å². The number of methoxy groups -OCH3 is 1. The van der Waals surface area contributed by atoms with E-state index in [0.717, 1.165) is 5.56 Å². The summed E-state index contributed by atoms with van der Waals surface area (Å²) in [5, 5.41) is 7.75. The smallest absolute Gasteiger partial charge is 0.360 e. The number of ether oxygens (including phenoxy) is 2. The molecule has 35 heavy (non-hydrogen) atoms. The zero-order valence-electron chi connectivity index (χ0n) is 19.6. The van der Waals surface area contributed by atoms with Crippen molar-refractivity contribution in [2.75, 3.05) is 12.4 Å². The Bertz CT molecular complexity index is 1450. The van der Waals surface area contributed by atoms with E-state index < -0.39 is 18.0 Å². The maximum Gasteiger partial charge on any atom is 0.360 e. The molecule has 0 aliphatic heterocycles. The molecule has 1 aromatic heterocycles. The number of hydrogen-bond acceptors (Lipinski definition) is 6. The van der Waals surface area contributed by atoms with E-state index in [1.54, 1.807) is 73.7 Å². The summed E-state index contributed by atoms with van der Waals surface area (Å²) in [6.07, 6.45) is -1.27. The van der Waals surface area contributed by atoms with Gasteiger partial charge in [-0.3, -0.25) is 9.59 Å². The van der Waals surface area contributed by atoms with Crippen LogP contribution in [-0.2, 0) is 16.1 Å². The van der Waals surface area contributed by atoms with Crippen molar-refractivity contribution >= 4 is 28.3 Å². The van der Waals surface area contributed by atoms with Gasteiger partial charge >= 0.3 is 5.97 Å². The van der Waals surface area contributed by atoms with Gasteiger partial charge in [-0.15, -0.1) is 0 Å². The van der Waals surface area contributed by atoms with Crippen LogP contribution in [0.3, 0.4) is 0 Å². The van der Waals surface area contributed by atoms with Crippen LogP contribution in [0.2, 0.25) is 0 Å². The van der Waals surface area contributed by atoms with E-state index >= 15 is 0 Å². The minimum Gasteiger partial charge on any atom is -0.495 e. The number of carbonyl (C=O) groups is 2. The second-order valence-electron chi connectivity index (χ2n) is 7.90. The van der Waals surface area contributed by atoms with Gasteiger partial charge in [0, 0.05) is 17.5 Å². The van der Waals surface area contributed by atoms with E-state index in [9.17, 15) is 14.4 Å². The maximum atomic E-state index is 13.4. The normalized spacial score (nSPS) is 11.6. The molecule has 0 spiro atoms. The van der Waals surface area contributed by atoms with Gasteiger partial charge in [-0.25, -0.2) is 9.48 Å². The monoisotopic (exact) mass is 471 g/mol. The van der Waals surface area contributed by atoms with Crippen molar-refractivity contribution in [1.82, 2.24) is 9.78 Å². The number of benzene rings is 3. The number of hydrogen-bond donors (Lipinski definition) is 1. The number of aromatic nitrogens is 2. The lowest BCUT2D eigenvalue weighted by Crippen LogP contribution is -2.29. The van der Waals surface area contributed by atoms with Gasteiger partial charge in [-0.2, -0.15) is 5.10 Å². The molecule has 4 aromatic rings. The van der Waals surface area contributed by atoms with Gasteiger partial charge in [0.1, 0.15) is 5.75 Å². The SMILES string of the molecule is CCn1nc(C(=O)OC(C(=O)Nc2cc(C)ccc2OC)c2ccccc2)c2ccccc2c1=O. The number of aryl methyl sites for hydroxylation is 2. The van der Waals surface area contributed by atoms with Gasteiger partial charge in [0.25, 0.3) is 11.5 Å². The second-order valence-corrected chi connectivity index (χ2v) is 7.90. The Morgan fingerprint density at radius 2 is 1.69 bits per heavy atom. The van der Waals surface area contributed by atoms with Crippen LogP contribution in [0.25, 0.3) is 10.8 Å². The number of esters is 1. The molecule has 0 radical (unpaired) electrons. The zero-order chi connectivity index (χ0) is 24.9. The molecule has 1 heterocycles. The molecule has 1 unspecified atom stereocenters.